The second-order valence-electron chi connectivity index (χ2n) is 7.40. The highest BCUT2D eigenvalue weighted by molar-refractivity contribution is 5.57. The molecule has 0 aromatic heterocycles. The number of fused-ring (bicyclic) bond motifs is 2. The van der Waals surface area contributed by atoms with E-state index < -0.39 is 0 Å². The first-order valence-corrected chi connectivity index (χ1v) is 9.78. The third-order valence-electron chi connectivity index (χ3n) is 5.65. The van der Waals surface area contributed by atoms with Crippen LogP contribution in [0.5, 0.6) is 23.0 Å². The lowest BCUT2D eigenvalue weighted by molar-refractivity contribution is 0.134. The Morgan fingerprint density at radius 2 is 1.62 bits per heavy atom. The van der Waals surface area contributed by atoms with Crippen molar-refractivity contribution in [2.45, 2.75) is 19.1 Å². The Morgan fingerprint density at radius 3 is 2.34 bits per heavy atom. The third-order valence-corrected chi connectivity index (χ3v) is 5.65. The Labute approximate surface area is 170 Å². The lowest BCUT2D eigenvalue weighted by Crippen LogP contribution is -2.40. The smallest absolute Gasteiger partial charge is 0.231 e. The highest BCUT2D eigenvalue weighted by Gasteiger charge is 2.38. The van der Waals surface area contributed by atoms with Gasteiger partial charge in [0.15, 0.2) is 17.7 Å². The fourth-order valence-corrected chi connectivity index (χ4v) is 4.14. The molecule has 0 spiro atoms. The van der Waals surface area contributed by atoms with Crippen LogP contribution in [-0.4, -0.2) is 20.1 Å². The van der Waals surface area contributed by atoms with Crippen molar-refractivity contribution >= 4 is 5.69 Å². The normalized spacial score (nSPS) is 21.8. The number of anilines is 1. The van der Waals surface area contributed by atoms with Crippen LogP contribution < -0.4 is 24.3 Å². The number of hydrogen-bond acceptors (Lipinski definition) is 5. The van der Waals surface area contributed by atoms with Crippen molar-refractivity contribution in [3.8, 4) is 23.0 Å². The number of hydrogen-bond donors (Lipinski definition) is 1. The van der Waals surface area contributed by atoms with Crippen LogP contribution in [0.15, 0.2) is 66.7 Å². The summed E-state index contributed by atoms with van der Waals surface area (Å²) in [6.45, 7) is 2.45. The Bertz CT molecular complexity index is 1000. The molecule has 5 heteroatoms. The molecule has 0 fully saturated rings. The van der Waals surface area contributed by atoms with Gasteiger partial charge in [0.25, 0.3) is 0 Å². The molecular weight excluding hydrogens is 366 g/mol. The molecule has 148 valence electrons. The maximum absolute atomic E-state index is 6.40. The molecule has 29 heavy (non-hydrogen) atoms. The number of ether oxygens (including phenoxy) is 4. The van der Waals surface area contributed by atoms with Crippen LogP contribution in [-0.2, 0) is 0 Å². The van der Waals surface area contributed by atoms with Gasteiger partial charge in [-0.15, -0.1) is 0 Å². The molecule has 0 saturated heterocycles. The van der Waals surface area contributed by atoms with Gasteiger partial charge in [0.05, 0.1) is 7.11 Å². The molecule has 0 unspecified atom stereocenters. The van der Waals surface area contributed by atoms with E-state index >= 15 is 0 Å². The van der Waals surface area contributed by atoms with Crippen LogP contribution in [0, 0.1) is 5.92 Å². The summed E-state index contributed by atoms with van der Waals surface area (Å²) in [6, 6.07) is 22.4. The van der Waals surface area contributed by atoms with Gasteiger partial charge in [-0.1, -0.05) is 37.3 Å². The number of nitrogens with one attached hydrogen (secondary N) is 1. The van der Waals surface area contributed by atoms with Crippen LogP contribution in [0.4, 0.5) is 5.69 Å². The zero-order valence-corrected chi connectivity index (χ0v) is 16.4. The van der Waals surface area contributed by atoms with E-state index in [0.717, 1.165) is 34.2 Å². The molecule has 0 saturated carbocycles. The van der Waals surface area contributed by atoms with Gasteiger partial charge in [0.1, 0.15) is 11.5 Å². The quantitative estimate of drug-likeness (QED) is 0.679. The first-order chi connectivity index (χ1) is 14.2. The summed E-state index contributed by atoms with van der Waals surface area (Å²) in [6.07, 6.45) is -0.183. The van der Waals surface area contributed by atoms with E-state index in [1.807, 2.05) is 48.5 Å². The Hall–Kier alpha value is -3.34. The lowest BCUT2D eigenvalue weighted by atomic mass is 9.78. The van der Waals surface area contributed by atoms with Crippen LogP contribution in [0.1, 0.15) is 24.0 Å². The number of para-hydroxylation sites is 1. The summed E-state index contributed by atoms with van der Waals surface area (Å²) in [5.74, 6) is 3.48. The summed E-state index contributed by atoms with van der Waals surface area (Å²) in [7, 11) is 1.68. The van der Waals surface area contributed by atoms with Crippen LogP contribution in [0.2, 0.25) is 0 Å². The molecule has 3 atom stereocenters. The monoisotopic (exact) mass is 389 g/mol. The average Bonchev–Trinajstić information content (AvgIpc) is 3.21. The zero-order valence-electron chi connectivity index (χ0n) is 16.4. The van der Waals surface area contributed by atoms with Gasteiger partial charge in [-0.25, -0.2) is 0 Å². The second-order valence-corrected chi connectivity index (χ2v) is 7.40. The Kier molecular flexibility index (Phi) is 4.43. The number of methoxy groups -OCH3 is 1. The Morgan fingerprint density at radius 1 is 0.897 bits per heavy atom. The largest absolute Gasteiger partial charge is 0.497 e. The van der Waals surface area contributed by atoms with Crippen molar-refractivity contribution in [3.63, 3.8) is 0 Å². The van der Waals surface area contributed by atoms with Gasteiger partial charge in [0, 0.05) is 29.2 Å². The van der Waals surface area contributed by atoms with Crippen molar-refractivity contribution in [3.05, 3.63) is 77.9 Å². The van der Waals surface area contributed by atoms with E-state index in [1.54, 1.807) is 7.11 Å². The van der Waals surface area contributed by atoms with Crippen molar-refractivity contribution in [2.24, 2.45) is 5.92 Å². The van der Waals surface area contributed by atoms with E-state index in [2.05, 4.69) is 30.4 Å². The van der Waals surface area contributed by atoms with E-state index in [0.29, 0.717) is 0 Å². The number of benzene rings is 3. The summed E-state index contributed by atoms with van der Waals surface area (Å²) in [4.78, 5) is 0. The SMILES string of the molecule is COc1ccc([C@@H]2c3cc4c(cc3O[C@H](Nc3ccccc3)[C@H]2C)OCO4)cc1. The van der Waals surface area contributed by atoms with Gasteiger partial charge in [-0.05, 0) is 35.9 Å². The summed E-state index contributed by atoms with van der Waals surface area (Å²) >= 11 is 0. The fraction of sp³-hybridized carbons (Fsp3) is 0.250. The molecule has 3 aromatic carbocycles. The highest BCUT2D eigenvalue weighted by atomic mass is 16.7. The Balaban J connectivity index is 1.57. The van der Waals surface area contributed by atoms with E-state index in [-0.39, 0.29) is 24.9 Å². The van der Waals surface area contributed by atoms with Gasteiger partial charge in [0.2, 0.25) is 6.79 Å². The fourth-order valence-electron chi connectivity index (χ4n) is 4.14. The predicted molar refractivity (Wildman–Crippen MR) is 111 cm³/mol. The minimum absolute atomic E-state index is 0.139. The molecule has 1 N–H and O–H groups in total. The minimum atomic E-state index is -0.183. The van der Waals surface area contributed by atoms with E-state index in [9.17, 15) is 0 Å². The molecule has 0 aliphatic carbocycles. The first kappa shape index (κ1) is 17.7. The maximum atomic E-state index is 6.40. The van der Waals surface area contributed by atoms with E-state index in [1.165, 1.54) is 5.56 Å². The molecular formula is C24H23NO4. The van der Waals surface area contributed by atoms with Crippen molar-refractivity contribution in [1.82, 2.24) is 0 Å². The molecule has 0 amide bonds. The van der Waals surface area contributed by atoms with E-state index in [4.69, 9.17) is 18.9 Å². The molecule has 5 nitrogen and oxygen atoms in total. The van der Waals surface area contributed by atoms with Crippen LogP contribution in [0.25, 0.3) is 0 Å². The van der Waals surface area contributed by atoms with Crippen molar-refractivity contribution in [1.29, 1.82) is 0 Å². The molecule has 3 aromatic rings. The minimum Gasteiger partial charge on any atom is -0.497 e. The average molecular weight is 389 g/mol. The topological polar surface area (TPSA) is 49.0 Å². The van der Waals surface area contributed by atoms with Gasteiger partial charge >= 0.3 is 0 Å². The molecule has 0 bridgehead atoms. The highest BCUT2D eigenvalue weighted by Crippen LogP contribution is 2.49. The summed E-state index contributed by atoms with van der Waals surface area (Å²) in [5.41, 5.74) is 3.35. The van der Waals surface area contributed by atoms with Gasteiger partial charge in [-0.2, -0.15) is 0 Å². The van der Waals surface area contributed by atoms with Gasteiger partial charge in [-0.3, -0.25) is 0 Å². The molecule has 5 rings (SSSR count). The summed E-state index contributed by atoms with van der Waals surface area (Å²) < 4.78 is 22.9. The molecule has 2 aliphatic rings. The number of rotatable bonds is 4. The zero-order chi connectivity index (χ0) is 19.8. The second kappa shape index (κ2) is 7.24. The third kappa shape index (κ3) is 3.23. The van der Waals surface area contributed by atoms with Gasteiger partial charge < -0.3 is 24.3 Å². The van der Waals surface area contributed by atoms with Crippen LogP contribution in [0.3, 0.4) is 0 Å². The maximum Gasteiger partial charge on any atom is 0.231 e. The van der Waals surface area contributed by atoms with Crippen molar-refractivity contribution < 1.29 is 18.9 Å². The summed E-state index contributed by atoms with van der Waals surface area (Å²) in [5, 5.41) is 3.54. The lowest BCUT2D eigenvalue weighted by Gasteiger charge is -2.39. The van der Waals surface area contributed by atoms with Crippen molar-refractivity contribution in [2.75, 3.05) is 19.2 Å². The standard InChI is InChI=1S/C24H23NO4/c1-15-23(16-8-10-18(26-2)11-9-16)19-12-21-22(28-14-27-21)13-20(19)29-24(15)25-17-6-4-3-5-7-17/h3-13,15,23-25H,14H2,1-2H3/t15-,23+,24-/m0/s1. The molecule has 0 radical (unpaired) electrons. The molecule has 2 aliphatic heterocycles. The van der Waals surface area contributed by atoms with Crippen LogP contribution >= 0.6 is 0 Å². The first-order valence-electron chi connectivity index (χ1n) is 9.78. The molecule has 2 heterocycles. The predicted octanol–water partition coefficient (Wildman–Crippen LogP) is 5.02.